The van der Waals surface area contributed by atoms with Crippen molar-refractivity contribution in [2.45, 2.75) is 24.5 Å². The molecule has 1 fully saturated rings. The first-order valence-corrected chi connectivity index (χ1v) is 12.1. The largest absolute Gasteiger partial charge is 0.481 e. The minimum atomic E-state index is -4.69. The summed E-state index contributed by atoms with van der Waals surface area (Å²) in [5, 5.41) is 8.82. The quantitative estimate of drug-likeness (QED) is 0.516. The molecule has 0 radical (unpaired) electrons. The molecule has 0 spiro atoms. The van der Waals surface area contributed by atoms with Gasteiger partial charge in [0.2, 0.25) is 0 Å². The summed E-state index contributed by atoms with van der Waals surface area (Å²) in [5.74, 6) is -1.52. The van der Waals surface area contributed by atoms with E-state index in [-0.39, 0.29) is 28.8 Å². The maximum Gasteiger partial charge on any atom is 0.418 e. The molecule has 4 rings (SSSR count). The lowest BCUT2D eigenvalue weighted by atomic mass is 10.0. The van der Waals surface area contributed by atoms with Crippen molar-refractivity contribution in [3.05, 3.63) is 65.7 Å². The summed E-state index contributed by atoms with van der Waals surface area (Å²) < 4.78 is 69.1. The zero-order chi connectivity index (χ0) is 25.4. The molecule has 2 aromatic heterocycles. The highest BCUT2D eigenvalue weighted by atomic mass is 32.2. The Morgan fingerprint density at radius 2 is 1.83 bits per heavy atom. The first-order valence-electron chi connectivity index (χ1n) is 10.6. The van der Waals surface area contributed by atoms with Gasteiger partial charge in [-0.2, -0.15) is 21.6 Å². The molecule has 2 N–H and O–H groups in total. The molecule has 0 aliphatic carbocycles. The summed E-state index contributed by atoms with van der Waals surface area (Å²) >= 11 is 0. The molecule has 1 aliphatic rings. The van der Waals surface area contributed by atoms with Gasteiger partial charge in [0.15, 0.2) is 5.03 Å². The molecule has 1 saturated heterocycles. The molecule has 0 amide bonds. The number of rotatable bonds is 6. The number of sulfonamides is 1. The van der Waals surface area contributed by atoms with Gasteiger partial charge in [0.1, 0.15) is 11.6 Å². The molecule has 1 atom stereocenters. The van der Waals surface area contributed by atoms with Gasteiger partial charge in [-0.3, -0.25) is 9.52 Å². The highest BCUT2D eigenvalue weighted by molar-refractivity contribution is 7.92. The zero-order valence-corrected chi connectivity index (χ0v) is 19.3. The highest BCUT2D eigenvalue weighted by Gasteiger charge is 2.35. The Morgan fingerprint density at radius 3 is 2.49 bits per heavy atom. The average Bonchev–Trinajstić information content (AvgIpc) is 3.29. The number of aliphatic carboxylic acids is 1. The number of alkyl halides is 3. The number of anilines is 2. The van der Waals surface area contributed by atoms with E-state index >= 15 is 0 Å². The molecule has 1 aromatic carbocycles. The maximum atomic E-state index is 13.6. The van der Waals surface area contributed by atoms with Gasteiger partial charge in [-0.25, -0.2) is 9.97 Å². The van der Waals surface area contributed by atoms with Crippen molar-refractivity contribution < 1.29 is 31.5 Å². The number of pyridine rings is 2. The maximum absolute atomic E-state index is 13.6. The fourth-order valence-corrected chi connectivity index (χ4v) is 4.84. The van der Waals surface area contributed by atoms with E-state index in [1.54, 1.807) is 36.1 Å². The topological polar surface area (TPSA) is 112 Å². The van der Waals surface area contributed by atoms with Gasteiger partial charge in [-0.15, -0.1) is 0 Å². The molecule has 35 heavy (non-hydrogen) atoms. The monoisotopic (exact) mass is 506 g/mol. The molecule has 3 aromatic rings. The van der Waals surface area contributed by atoms with Crippen molar-refractivity contribution >= 4 is 27.6 Å². The van der Waals surface area contributed by atoms with E-state index in [1.807, 2.05) is 0 Å². The van der Waals surface area contributed by atoms with Crippen LogP contribution < -0.4 is 9.62 Å². The molecule has 184 valence electrons. The van der Waals surface area contributed by atoms with E-state index in [2.05, 4.69) is 14.7 Å². The number of aryl methyl sites for hydroxylation is 1. The number of halogens is 3. The van der Waals surface area contributed by atoms with E-state index in [1.165, 1.54) is 18.2 Å². The van der Waals surface area contributed by atoms with Crippen LogP contribution in [0.5, 0.6) is 0 Å². The lowest BCUT2D eigenvalue weighted by molar-refractivity contribution is -0.141. The van der Waals surface area contributed by atoms with Crippen LogP contribution in [-0.2, 0) is 21.0 Å². The molecule has 3 heterocycles. The molecule has 8 nitrogen and oxygen atoms in total. The number of nitrogens with zero attached hydrogens (tertiary/aromatic N) is 3. The predicted molar refractivity (Wildman–Crippen MR) is 122 cm³/mol. The Kier molecular flexibility index (Phi) is 6.41. The van der Waals surface area contributed by atoms with Crippen molar-refractivity contribution in [1.82, 2.24) is 9.97 Å². The standard InChI is InChI=1S/C23H21F3N4O4S/c1-14-5-2-3-6-16(14)21-17(23(24,25)26)9-10-18(27-21)29-35(33,34)20-8-4-7-19(28-20)30-12-11-15(13-30)22(31)32/h2-10,15H,11-13H2,1H3,(H,27,29)(H,31,32)/t15-/m0/s1. The Bertz CT molecular complexity index is 1380. The Labute approximate surface area is 199 Å². The fraction of sp³-hybridized carbons (Fsp3) is 0.261. The Balaban J connectivity index is 1.66. The van der Waals surface area contributed by atoms with Crippen molar-refractivity contribution in [1.29, 1.82) is 0 Å². The number of hydrogen-bond donors (Lipinski definition) is 2. The van der Waals surface area contributed by atoms with Gasteiger partial charge >= 0.3 is 12.1 Å². The lowest BCUT2D eigenvalue weighted by Gasteiger charge is -2.18. The molecular weight excluding hydrogens is 485 g/mol. The van der Waals surface area contributed by atoms with Crippen molar-refractivity contribution in [2.24, 2.45) is 5.92 Å². The van der Waals surface area contributed by atoms with Gasteiger partial charge in [-0.05, 0) is 43.2 Å². The van der Waals surface area contributed by atoms with Crippen LogP contribution in [0.15, 0.2) is 59.6 Å². The minimum Gasteiger partial charge on any atom is -0.481 e. The second-order valence-electron chi connectivity index (χ2n) is 8.11. The van der Waals surface area contributed by atoms with Crippen LogP contribution in [0.3, 0.4) is 0 Å². The number of carboxylic acids is 1. The SMILES string of the molecule is Cc1ccccc1-c1nc(NS(=O)(=O)c2cccc(N3CC[C@H](C(=O)O)C3)n2)ccc1C(F)(F)F. The highest BCUT2D eigenvalue weighted by Crippen LogP contribution is 2.38. The zero-order valence-electron chi connectivity index (χ0n) is 18.5. The fourth-order valence-electron chi connectivity index (χ4n) is 3.88. The molecule has 0 bridgehead atoms. The van der Waals surface area contributed by atoms with Crippen molar-refractivity contribution in [3.8, 4) is 11.3 Å². The summed E-state index contributed by atoms with van der Waals surface area (Å²) in [7, 11) is -4.30. The third-order valence-corrected chi connectivity index (χ3v) is 6.94. The Morgan fingerprint density at radius 1 is 1.09 bits per heavy atom. The summed E-state index contributed by atoms with van der Waals surface area (Å²) in [6.45, 7) is 2.23. The first kappa shape index (κ1) is 24.5. The summed E-state index contributed by atoms with van der Waals surface area (Å²) in [5.41, 5.74) is -0.612. The predicted octanol–water partition coefficient (Wildman–Crippen LogP) is 4.18. The Hall–Kier alpha value is -3.67. The minimum absolute atomic E-state index is 0.194. The van der Waals surface area contributed by atoms with Crippen LogP contribution in [0.2, 0.25) is 0 Å². The van der Waals surface area contributed by atoms with E-state index in [0.717, 1.165) is 12.1 Å². The lowest BCUT2D eigenvalue weighted by Crippen LogP contribution is -2.24. The van der Waals surface area contributed by atoms with Gasteiger partial charge < -0.3 is 10.0 Å². The average molecular weight is 507 g/mol. The van der Waals surface area contributed by atoms with Gasteiger partial charge in [0.05, 0.1) is 17.2 Å². The van der Waals surface area contributed by atoms with Gasteiger partial charge in [-0.1, -0.05) is 30.3 Å². The van der Waals surface area contributed by atoms with Crippen LogP contribution in [0, 0.1) is 12.8 Å². The molecule has 12 heteroatoms. The second-order valence-corrected chi connectivity index (χ2v) is 9.74. The third kappa shape index (κ3) is 5.21. The number of nitrogens with one attached hydrogen (secondary N) is 1. The van der Waals surface area contributed by atoms with Crippen molar-refractivity contribution in [3.63, 3.8) is 0 Å². The molecule has 0 saturated carbocycles. The number of hydrogen-bond acceptors (Lipinski definition) is 6. The normalized spacial score (nSPS) is 16.3. The summed E-state index contributed by atoms with van der Waals surface area (Å²) in [6, 6.07) is 12.4. The van der Waals surface area contributed by atoms with Crippen LogP contribution >= 0.6 is 0 Å². The molecule has 0 unspecified atom stereocenters. The molecular formula is C23H21F3N4O4S. The summed E-state index contributed by atoms with van der Waals surface area (Å²) in [4.78, 5) is 21.0. The number of aromatic nitrogens is 2. The van der Waals surface area contributed by atoms with E-state index in [0.29, 0.717) is 18.5 Å². The number of benzene rings is 1. The van der Waals surface area contributed by atoms with E-state index in [4.69, 9.17) is 0 Å². The van der Waals surface area contributed by atoms with Crippen LogP contribution in [0.4, 0.5) is 24.8 Å². The van der Waals surface area contributed by atoms with Gasteiger partial charge in [0.25, 0.3) is 10.0 Å². The van der Waals surface area contributed by atoms with Crippen molar-refractivity contribution in [2.75, 3.05) is 22.7 Å². The first-order chi connectivity index (χ1) is 16.5. The molecule has 1 aliphatic heterocycles. The van der Waals surface area contributed by atoms with Crippen LogP contribution in [-0.4, -0.2) is 42.6 Å². The smallest absolute Gasteiger partial charge is 0.418 e. The second kappa shape index (κ2) is 9.17. The van der Waals surface area contributed by atoms with E-state index in [9.17, 15) is 31.5 Å². The summed E-state index contributed by atoms with van der Waals surface area (Å²) in [6.07, 6.45) is -4.29. The van der Waals surface area contributed by atoms with E-state index < -0.39 is 39.3 Å². The number of carboxylic acid groups (broad SMARTS) is 1. The van der Waals surface area contributed by atoms with Crippen LogP contribution in [0.25, 0.3) is 11.3 Å². The van der Waals surface area contributed by atoms with Gasteiger partial charge in [0, 0.05) is 18.7 Å². The van der Waals surface area contributed by atoms with Crippen LogP contribution in [0.1, 0.15) is 17.5 Å². The number of carbonyl (C=O) groups is 1. The third-order valence-electron chi connectivity index (χ3n) is 5.69.